The number of likely N-dealkylation sites (tertiary alicyclic amines) is 1. The number of carbonyl (C=O) groups excluding carboxylic acids is 1. The van der Waals surface area contributed by atoms with E-state index in [1.165, 1.54) is 36.9 Å². The lowest BCUT2D eigenvalue weighted by atomic mass is 9.67. The molecule has 0 aromatic heterocycles. The molecule has 1 aromatic rings. The molecule has 26 heavy (non-hydrogen) atoms. The fourth-order valence-corrected chi connectivity index (χ4v) is 4.26. The van der Waals surface area contributed by atoms with Crippen LogP contribution >= 0.6 is 0 Å². The Morgan fingerprint density at radius 1 is 1.19 bits per heavy atom. The first-order valence-corrected chi connectivity index (χ1v) is 10.0. The Morgan fingerprint density at radius 2 is 1.81 bits per heavy atom. The molecule has 1 spiro atoms. The fraction of sp³-hybridized carbons (Fsp3) is 0.682. The van der Waals surface area contributed by atoms with Gasteiger partial charge in [0.25, 0.3) is 0 Å². The first-order valence-electron chi connectivity index (χ1n) is 10.0. The Hall–Kier alpha value is -1.71. The van der Waals surface area contributed by atoms with E-state index >= 15 is 0 Å². The predicted molar refractivity (Wildman–Crippen MR) is 107 cm³/mol. The van der Waals surface area contributed by atoms with Crippen LogP contribution < -0.4 is 5.32 Å². The zero-order valence-electron chi connectivity index (χ0n) is 17.0. The van der Waals surface area contributed by atoms with Crippen LogP contribution in [0.4, 0.5) is 10.5 Å². The van der Waals surface area contributed by atoms with Crippen LogP contribution in [0.2, 0.25) is 0 Å². The van der Waals surface area contributed by atoms with Crippen LogP contribution in [0, 0.1) is 5.41 Å². The van der Waals surface area contributed by atoms with Gasteiger partial charge in [-0.15, -0.1) is 0 Å². The molecule has 0 unspecified atom stereocenters. The fourth-order valence-electron chi connectivity index (χ4n) is 4.26. The van der Waals surface area contributed by atoms with Crippen LogP contribution in [0.3, 0.4) is 0 Å². The van der Waals surface area contributed by atoms with Gasteiger partial charge in [0.15, 0.2) is 0 Å². The molecule has 1 saturated heterocycles. The number of benzene rings is 1. The van der Waals surface area contributed by atoms with Crippen LogP contribution in [0.5, 0.6) is 0 Å². The quantitative estimate of drug-likeness (QED) is 0.786. The van der Waals surface area contributed by atoms with Gasteiger partial charge in [-0.05, 0) is 64.0 Å². The third-order valence-electron chi connectivity index (χ3n) is 5.69. The molecule has 1 heterocycles. The Labute approximate surface area is 158 Å². The highest BCUT2D eigenvalue weighted by Gasteiger charge is 2.48. The molecule has 1 aliphatic carbocycles. The maximum Gasteiger partial charge on any atom is 0.410 e. The number of carbonyl (C=O) groups is 1. The minimum atomic E-state index is -0.411. The zero-order valence-corrected chi connectivity index (χ0v) is 17.0. The second-order valence-corrected chi connectivity index (χ2v) is 9.50. The lowest BCUT2D eigenvalue weighted by molar-refractivity contribution is -0.0496. The summed E-state index contributed by atoms with van der Waals surface area (Å²) in [5.74, 6) is 0.530. The summed E-state index contributed by atoms with van der Waals surface area (Å²) >= 11 is 0. The Bertz CT molecular complexity index is 632. The summed E-state index contributed by atoms with van der Waals surface area (Å²) in [6.45, 7) is 12.0. The molecule has 1 aliphatic heterocycles. The van der Waals surface area contributed by atoms with Gasteiger partial charge in [0.1, 0.15) is 5.60 Å². The van der Waals surface area contributed by atoms with E-state index in [9.17, 15) is 4.79 Å². The first-order chi connectivity index (χ1) is 12.2. The van der Waals surface area contributed by atoms with Gasteiger partial charge in [-0.1, -0.05) is 32.0 Å². The van der Waals surface area contributed by atoms with E-state index in [1.54, 1.807) is 0 Å². The molecule has 2 aliphatic rings. The molecule has 4 nitrogen and oxygen atoms in total. The molecule has 144 valence electrons. The van der Waals surface area contributed by atoms with Gasteiger partial charge in [-0.2, -0.15) is 0 Å². The molecule has 3 rings (SSSR count). The van der Waals surface area contributed by atoms with Gasteiger partial charge in [-0.25, -0.2) is 4.79 Å². The molecular formula is C22H34N2O2. The molecule has 1 aromatic carbocycles. The van der Waals surface area contributed by atoms with Crippen molar-refractivity contribution in [2.45, 2.75) is 77.9 Å². The van der Waals surface area contributed by atoms with Crippen LogP contribution in [-0.2, 0) is 4.74 Å². The van der Waals surface area contributed by atoms with Crippen LogP contribution in [0.1, 0.15) is 71.8 Å². The molecule has 1 saturated carbocycles. The van der Waals surface area contributed by atoms with Crippen molar-refractivity contribution < 1.29 is 9.53 Å². The maximum absolute atomic E-state index is 12.2. The van der Waals surface area contributed by atoms with E-state index in [2.05, 4.69) is 43.4 Å². The second-order valence-electron chi connectivity index (χ2n) is 9.50. The lowest BCUT2D eigenvalue weighted by Crippen LogP contribution is -2.60. The smallest absolute Gasteiger partial charge is 0.410 e. The molecule has 2 fully saturated rings. The van der Waals surface area contributed by atoms with Crippen molar-refractivity contribution in [3.8, 4) is 0 Å². The largest absolute Gasteiger partial charge is 0.444 e. The van der Waals surface area contributed by atoms with Gasteiger partial charge >= 0.3 is 6.09 Å². The number of hydrogen-bond acceptors (Lipinski definition) is 3. The minimum Gasteiger partial charge on any atom is -0.444 e. The van der Waals surface area contributed by atoms with Gasteiger partial charge in [-0.3, -0.25) is 0 Å². The van der Waals surface area contributed by atoms with E-state index in [-0.39, 0.29) is 6.09 Å². The molecular weight excluding hydrogens is 324 g/mol. The van der Waals surface area contributed by atoms with Crippen molar-refractivity contribution in [3.63, 3.8) is 0 Å². The summed E-state index contributed by atoms with van der Waals surface area (Å²) in [5, 5.41) is 3.78. The summed E-state index contributed by atoms with van der Waals surface area (Å²) in [5.41, 5.74) is 2.60. The highest BCUT2D eigenvalue weighted by molar-refractivity contribution is 5.69. The summed E-state index contributed by atoms with van der Waals surface area (Å²) < 4.78 is 5.49. The number of nitrogens with one attached hydrogen (secondary N) is 1. The summed E-state index contributed by atoms with van der Waals surface area (Å²) in [7, 11) is 0. The van der Waals surface area contributed by atoms with Crippen LogP contribution in [-0.4, -0.2) is 35.7 Å². The topological polar surface area (TPSA) is 41.6 Å². The average molecular weight is 359 g/mol. The number of para-hydroxylation sites is 1. The van der Waals surface area contributed by atoms with Crippen molar-refractivity contribution in [2.24, 2.45) is 5.41 Å². The van der Waals surface area contributed by atoms with E-state index in [4.69, 9.17) is 4.74 Å². The third-order valence-corrected chi connectivity index (χ3v) is 5.69. The lowest BCUT2D eigenvalue weighted by Gasteiger charge is -2.53. The van der Waals surface area contributed by atoms with E-state index in [0.717, 1.165) is 13.1 Å². The van der Waals surface area contributed by atoms with Crippen LogP contribution in [0.25, 0.3) is 0 Å². The first kappa shape index (κ1) is 19.1. The molecule has 4 heteroatoms. The average Bonchev–Trinajstić information content (AvgIpc) is 2.52. The Morgan fingerprint density at radius 3 is 2.38 bits per heavy atom. The number of ether oxygens (including phenoxy) is 1. The van der Waals surface area contributed by atoms with E-state index < -0.39 is 5.60 Å². The number of rotatable bonds is 3. The maximum atomic E-state index is 12.2. The van der Waals surface area contributed by atoms with E-state index in [1.807, 2.05) is 25.7 Å². The SMILES string of the molecule is CC(C)c1ccccc1NC1CCC2(CC1)CN(C(=O)OC(C)(C)C)C2. The van der Waals surface area contributed by atoms with Crippen molar-refractivity contribution in [2.75, 3.05) is 18.4 Å². The summed E-state index contributed by atoms with van der Waals surface area (Å²) in [6.07, 6.45) is 4.57. The number of nitrogens with zero attached hydrogens (tertiary/aromatic N) is 1. The minimum absolute atomic E-state index is 0.158. The number of anilines is 1. The third kappa shape index (κ3) is 4.33. The Kier molecular flexibility index (Phi) is 5.23. The van der Waals surface area contributed by atoms with Crippen molar-refractivity contribution in [1.82, 2.24) is 4.90 Å². The monoisotopic (exact) mass is 358 g/mol. The highest BCUT2D eigenvalue weighted by Crippen LogP contribution is 2.45. The van der Waals surface area contributed by atoms with Crippen LogP contribution in [0.15, 0.2) is 24.3 Å². The highest BCUT2D eigenvalue weighted by atomic mass is 16.6. The number of amides is 1. The molecule has 0 atom stereocenters. The number of hydrogen-bond donors (Lipinski definition) is 1. The standard InChI is InChI=1S/C22H34N2O2/c1-16(2)18-8-6-7-9-19(18)23-17-10-12-22(13-11-17)14-24(15-22)20(25)26-21(3,4)5/h6-9,16-17,23H,10-15H2,1-5H3. The zero-order chi connectivity index (χ0) is 18.9. The summed E-state index contributed by atoms with van der Waals surface area (Å²) in [6, 6.07) is 9.20. The predicted octanol–water partition coefficient (Wildman–Crippen LogP) is 5.40. The second kappa shape index (κ2) is 7.13. The van der Waals surface area contributed by atoms with Crippen molar-refractivity contribution in [1.29, 1.82) is 0 Å². The van der Waals surface area contributed by atoms with Gasteiger partial charge < -0.3 is 15.0 Å². The van der Waals surface area contributed by atoms with Crippen molar-refractivity contribution >= 4 is 11.8 Å². The summed E-state index contributed by atoms with van der Waals surface area (Å²) in [4.78, 5) is 14.0. The molecule has 0 bridgehead atoms. The van der Waals surface area contributed by atoms with Gasteiger partial charge in [0.2, 0.25) is 0 Å². The molecule has 1 amide bonds. The van der Waals surface area contributed by atoms with Gasteiger partial charge in [0, 0.05) is 30.2 Å². The van der Waals surface area contributed by atoms with E-state index in [0.29, 0.717) is 17.4 Å². The molecule has 1 N–H and O–H groups in total. The normalized spacial score (nSPS) is 20.2. The molecule has 0 radical (unpaired) electrons. The Balaban J connectivity index is 1.50. The van der Waals surface area contributed by atoms with Gasteiger partial charge in [0.05, 0.1) is 0 Å². The van der Waals surface area contributed by atoms with Crippen molar-refractivity contribution in [3.05, 3.63) is 29.8 Å².